The first-order chi connectivity index (χ1) is 13.5. The standard InChI is InChI=1S/C20H19NO7/c1-12(22)13-4-3-5-15(8-13)21-18(23)11-28-20(24)14-9-16(25-2)19-17(10-14)26-6-7-27-19/h3-5,8-10H,6-7,11H2,1-2H3,(H,21,23). The van der Waals surface area contributed by atoms with Crippen molar-refractivity contribution in [3.8, 4) is 17.2 Å². The molecule has 0 spiro atoms. The molecule has 1 amide bonds. The lowest BCUT2D eigenvalue weighted by Gasteiger charge is -2.21. The number of nitrogens with one attached hydrogen (secondary N) is 1. The Bertz CT molecular complexity index is 906. The van der Waals surface area contributed by atoms with Gasteiger partial charge in [0.2, 0.25) is 5.75 Å². The quantitative estimate of drug-likeness (QED) is 0.602. The smallest absolute Gasteiger partial charge is 0.338 e. The predicted octanol–water partition coefficient (Wildman–Crippen LogP) is 2.46. The molecule has 8 heteroatoms. The van der Waals surface area contributed by atoms with Gasteiger partial charge in [-0.15, -0.1) is 0 Å². The summed E-state index contributed by atoms with van der Waals surface area (Å²) >= 11 is 0. The number of amides is 1. The third-order valence-corrected chi connectivity index (χ3v) is 3.95. The van der Waals surface area contributed by atoms with E-state index in [-0.39, 0.29) is 11.3 Å². The molecule has 0 fully saturated rings. The van der Waals surface area contributed by atoms with Crippen LogP contribution in [0.3, 0.4) is 0 Å². The highest BCUT2D eigenvalue weighted by molar-refractivity contribution is 5.98. The van der Waals surface area contributed by atoms with Crippen LogP contribution < -0.4 is 19.5 Å². The van der Waals surface area contributed by atoms with Gasteiger partial charge in [0.05, 0.1) is 12.7 Å². The maximum Gasteiger partial charge on any atom is 0.338 e. The van der Waals surface area contributed by atoms with E-state index in [9.17, 15) is 14.4 Å². The van der Waals surface area contributed by atoms with Gasteiger partial charge in [-0.1, -0.05) is 12.1 Å². The Morgan fingerprint density at radius 2 is 1.86 bits per heavy atom. The summed E-state index contributed by atoms with van der Waals surface area (Å²) in [6.45, 7) is 1.69. The molecule has 0 unspecified atom stereocenters. The number of carbonyl (C=O) groups excluding carboxylic acids is 3. The number of rotatable bonds is 6. The highest BCUT2D eigenvalue weighted by Gasteiger charge is 2.22. The summed E-state index contributed by atoms with van der Waals surface area (Å²) in [4.78, 5) is 35.7. The summed E-state index contributed by atoms with van der Waals surface area (Å²) < 4.78 is 21.2. The fourth-order valence-corrected chi connectivity index (χ4v) is 2.62. The number of benzene rings is 2. The summed E-state index contributed by atoms with van der Waals surface area (Å²) in [6, 6.07) is 9.43. The Morgan fingerprint density at radius 3 is 2.61 bits per heavy atom. The summed E-state index contributed by atoms with van der Waals surface area (Å²) in [6.07, 6.45) is 0. The van der Waals surface area contributed by atoms with Gasteiger partial charge < -0.3 is 24.3 Å². The van der Waals surface area contributed by atoms with Gasteiger partial charge in [0, 0.05) is 11.3 Å². The first-order valence-corrected chi connectivity index (χ1v) is 8.53. The van der Waals surface area contributed by atoms with E-state index < -0.39 is 18.5 Å². The van der Waals surface area contributed by atoms with Crippen LogP contribution in [0.25, 0.3) is 0 Å². The zero-order chi connectivity index (χ0) is 20.1. The Labute approximate surface area is 161 Å². The van der Waals surface area contributed by atoms with Crippen molar-refractivity contribution in [2.24, 2.45) is 0 Å². The minimum absolute atomic E-state index is 0.116. The number of Topliss-reactive ketones (excluding diaryl/α,β-unsaturated/α-hetero) is 1. The first-order valence-electron chi connectivity index (χ1n) is 8.53. The van der Waals surface area contributed by atoms with E-state index in [1.165, 1.54) is 26.2 Å². The molecule has 8 nitrogen and oxygen atoms in total. The Hall–Kier alpha value is -3.55. The van der Waals surface area contributed by atoms with Crippen LogP contribution in [0, 0.1) is 0 Å². The molecule has 2 aromatic carbocycles. The second-order valence-corrected chi connectivity index (χ2v) is 5.96. The van der Waals surface area contributed by atoms with Gasteiger partial charge in [-0.2, -0.15) is 0 Å². The van der Waals surface area contributed by atoms with E-state index in [0.717, 1.165) is 0 Å². The van der Waals surface area contributed by atoms with Crippen LogP contribution in [-0.2, 0) is 9.53 Å². The van der Waals surface area contributed by atoms with Crippen molar-refractivity contribution in [3.05, 3.63) is 47.5 Å². The molecular weight excluding hydrogens is 366 g/mol. The van der Waals surface area contributed by atoms with Crippen molar-refractivity contribution in [2.75, 3.05) is 32.2 Å². The van der Waals surface area contributed by atoms with Crippen molar-refractivity contribution in [1.29, 1.82) is 0 Å². The second-order valence-electron chi connectivity index (χ2n) is 5.96. The van der Waals surface area contributed by atoms with Crippen molar-refractivity contribution < 1.29 is 33.3 Å². The number of ketones is 1. The topological polar surface area (TPSA) is 100 Å². The van der Waals surface area contributed by atoms with Crippen molar-refractivity contribution >= 4 is 23.3 Å². The Morgan fingerprint density at radius 1 is 1.07 bits per heavy atom. The van der Waals surface area contributed by atoms with Crippen LogP contribution in [0.15, 0.2) is 36.4 Å². The summed E-state index contributed by atoms with van der Waals surface area (Å²) in [5.74, 6) is -0.206. The number of hydrogen-bond donors (Lipinski definition) is 1. The molecule has 0 atom stereocenters. The number of esters is 1. The van der Waals surface area contributed by atoms with Gasteiger partial charge in [-0.3, -0.25) is 9.59 Å². The summed E-state index contributed by atoms with van der Waals surface area (Å²) in [5.41, 5.74) is 1.08. The maximum atomic E-state index is 12.3. The molecule has 1 N–H and O–H groups in total. The fraction of sp³-hybridized carbons (Fsp3) is 0.250. The van der Waals surface area contributed by atoms with Crippen LogP contribution in [0.5, 0.6) is 17.2 Å². The first kappa shape index (κ1) is 19.2. The molecule has 0 saturated carbocycles. The van der Waals surface area contributed by atoms with Crippen molar-refractivity contribution in [3.63, 3.8) is 0 Å². The second kappa shape index (κ2) is 8.43. The number of methoxy groups -OCH3 is 1. The van der Waals surface area contributed by atoms with Gasteiger partial charge in [0.25, 0.3) is 5.91 Å². The third kappa shape index (κ3) is 4.40. The molecule has 28 heavy (non-hydrogen) atoms. The zero-order valence-electron chi connectivity index (χ0n) is 15.4. The van der Waals surface area contributed by atoms with E-state index in [2.05, 4.69) is 5.32 Å². The molecule has 1 aliphatic heterocycles. The third-order valence-electron chi connectivity index (χ3n) is 3.95. The summed E-state index contributed by atoms with van der Waals surface area (Å²) in [7, 11) is 1.45. The SMILES string of the molecule is COc1cc(C(=O)OCC(=O)Nc2cccc(C(C)=O)c2)cc2c1OCCO2. The molecule has 0 radical (unpaired) electrons. The van der Waals surface area contributed by atoms with Crippen LogP contribution in [0.1, 0.15) is 27.6 Å². The van der Waals surface area contributed by atoms with Crippen LogP contribution in [0.2, 0.25) is 0 Å². The average molecular weight is 385 g/mol. The van der Waals surface area contributed by atoms with Crippen LogP contribution in [0.4, 0.5) is 5.69 Å². The molecule has 0 aromatic heterocycles. The van der Waals surface area contributed by atoms with E-state index in [1.807, 2.05) is 0 Å². The van der Waals surface area contributed by atoms with Crippen LogP contribution in [-0.4, -0.2) is 44.6 Å². The maximum absolute atomic E-state index is 12.3. The molecule has 1 heterocycles. The zero-order valence-corrected chi connectivity index (χ0v) is 15.4. The van der Waals surface area contributed by atoms with Gasteiger partial charge in [-0.25, -0.2) is 4.79 Å². The van der Waals surface area contributed by atoms with Crippen LogP contribution >= 0.6 is 0 Å². The highest BCUT2D eigenvalue weighted by atomic mass is 16.6. The minimum Gasteiger partial charge on any atom is -0.493 e. The predicted molar refractivity (Wildman–Crippen MR) is 99.3 cm³/mol. The van der Waals surface area contributed by atoms with Crippen molar-refractivity contribution in [1.82, 2.24) is 0 Å². The molecule has 0 bridgehead atoms. The van der Waals surface area contributed by atoms with E-state index in [4.69, 9.17) is 18.9 Å². The number of fused-ring (bicyclic) bond motifs is 1. The average Bonchev–Trinajstić information content (AvgIpc) is 2.71. The Kier molecular flexibility index (Phi) is 5.78. The molecule has 2 aromatic rings. The lowest BCUT2D eigenvalue weighted by atomic mass is 10.1. The lowest BCUT2D eigenvalue weighted by Crippen LogP contribution is -2.21. The lowest BCUT2D eigenvalue weighted by molar-refractivity contribution is -0.119. The fourth-order valence-electron chi connectivity index (χ4n) is 2.62. The van der Waals surface area contributed by atoms with Gasteiger partial charge >= 0.3 is 5.97 Å². The number of carbonyl (C=O) groups is 3. The number of ether oxygens (including phenoxy) is 4. The largest absolute Gasteiger partial charge is 0.493 e. The van der Waals surface area contributed by atoms with E-state index in [1.54, 1.807) is 24.3 Å². The molecule has 146 valence electrons. The number of anilines is 1. The summed E-state index contributed by atoms with van der Waals surface area (Å²) in [5, 5.41) is 2.58. The Balaban J connectivity index is 1.63. The van der Waals surface area contributed by atoms with Gasteiger partial charge in [0.1, 0.15) is 13.2 Å². The highest BCUT2D eigenvalue weighted by Crippen LogP contribution is 2.40. The normalized spacial score (nSPS) is 12.1. The van der Waals surface area contributed by atoms with Gasteiger partial charge in [-0.05, 0) is 31.2 Å². The number of hydrogen-bond acceptors (Lipinski definition) is 7. The molecule has 0 saturated heterocycles. The monoisotopic (exact) mass is 385 g/mol. The minimum atomic E-state index is -0.706. The molecule has 3 rings (SSSR count). The molecule has 0 aliphatic carbocycles. The molecule has 1 aliphatic rings. The van der Waals surface area contributed by atoms with Crippen molar-refractivity contribution in [2.45, 2.75) is 6.92 Å². The van der Waals surface area contributed by atoms with Gasteiger partial charge in [0.15, 0.2) is 23.9 Å². The van der Waals surface area contributed by atoms with E-state index >= 15 is 0 Å². The van der Waals surface area contributed by atoms with E-state index in [0.29, 0.717) is 41.7 Å². The molecular formula is C20H19NO7.